The van der Waals surface area contributed by atoms with Gasteiger partial charge in [0.1, 0.15) is 5.82 Å². The van der Waals surface area contributed by atoms with Gasteiger partial charge in [-0.3, -0.25) is 4.79 Å². The van der Waals surface area contributed by atoms with Gasteiger partial charge in [0.15, 0.2) is 0 Å². The molecule has 0 aliphatic carbocycles. The molecule has 1 unspecified atom stereocenters. The van der Waals surface area contributed by atoms with Gasteiger partial charge >= 0.3 is 0 Å². The summed E-state index contributed by atoms with van der Waals surface area (Å²) in [5.41, 5.74) is 0. The second-order valence-electron chi connectivity index (χ2n) is 4.41. The molecule has 0 heterocycles. The van der Waals surface area contributed by atoms with Crippen LogP contribution in [0.5, 0.6) is 0 Å². The van der Waals surface area contributed by atoms with Crippen molar-refractivity contribution in [2.75, 3.05) is 25.9 Å². The lowest BCUT2D eigenvalue weighted by Gasteiger charge is -2.11. The van der Waals surface area contributed by atoms with E-state index in [9.17, 15) is 9.18 Å². The molecule has 2 N–H and O–H groups in total. The lowest BCUT2D eigenvalue weighted by Crippen LogP contribution is -2.32. The second-order valence-corrected chi connectivity index (χ2v) is 5.51. The zero-order valence-corrected chi connectivity index (χ0v) is 13.5. The van der Waals surface area contributed by atoms with Crippen LogP contribution in [-0.4, -0.2) is 31.8 Å². The van der Waals surface area contributed by atoms with Gasteiger partial charge in [0.2, 0.25) is 5.91 Å². The zero-order valence-electron chi connectivity index (χ0n) is 11.8. The van der Waals surface area contributed by atoms with Crippen LogP contribution in [0, 0.1) is 11.7 Å². The topological polar surface area (TPSA) is 41.1 Å². The highest BCUT2D eigenvalue weighted by Crippen LogP contribution is 2.20. The van der Waals surface area contributed by atoms with Gasteiger partial charge in [-0.05, 0) is 44.3 Å². The normalized spacial score (nSPS) is 11.6. The van der Waals surface area contributed by atoms with Crippen molar-refractivity contribution in [2.24, 2.45) is 5.92 Å². The first-order valence-corrected chi connectivity index (χ1v) is 7.42. The van der Waals surface area contributed by atoms with E-state index in [1.807, 2.05) is 14.0 Å². The molecule has 1 aromatic carbocycles. The van der Waals surface area contributed by atoms with Crippen molar-refractivity contribution >= 4 is 30.1 Å². The molecular weight excluding hydrogens is 299 g/mol. The van der Waals surface area contributed by atoms with E-state index in [4.69, 9.17) is 0 Å². The number of hydrogen-bond donors (Lipinski definition) is 2. The fraction of sp³-hybridized carbons (Fsp3) is 0.500. The van der Waals surface area contributed by atoms with E-state index in [0.717, 1.165) is 17.9 Å². The average molecular weight is 321 g/mol. The van der Waals surface area contributed by atoms with Gasteiger partial charge in [-0.25, -0.2) is 4.39 Å². The Kier molecular flexibility index (Phi) is 10.5. The maximum absolute atomic E-state index is 12.7. The molecule has 0 aliphatic heterocycles. The Bertz CT molecular complexity index is 389. The first-order chi connectivity index (χ1) is 9.13. The Morgan fingerprint density at radius 1 is 1.30 bits per heavy atom. The minimum Gasteiger partial charge on any atom is -0.356 e. The fourth-order valence-corrected chi connectivity index (χ4v) is 2.40. The molecule has 0 radical (unpaired) electrons. The summed E-state index contributed by atoms with van der Waals surface area (Å²) in [4.78, 5) is 12.8. The minimum atomic E-state index is -0.236. The number of nitrogens with one attached hydrogen (secondary N) is 2. The van der Waals surface area contributed by atoms with E-state index < -0.39 is 0 Å². The summed E-state index contributed by atoms with van der Waals surface area (Å²) in [6, 6.07) is 6.34. The highest BCUT2D eigenvalue weighted by Gasteiger charge is 2.12. The first kappa shape index (κ1) is 19.2. The Morgan fingerprint density at radius 2 is 1.95 bits per heavy atom. The summed E-state index contributed by atoms with van der Waals surface area (Å²) < 4.78 is 12.7. The molecule has 0 bridgehead atoms. The van der Waals surface area contributed by atoms with Crippen molar-refractivity contribution < 1.29 is 9.18 Å². The molecular formula is C14H22ClFN2OS. The summed E-state index contributed by atoms with van der Waals surface area (Å²) in [6.45, 7) is 3.51. The maximum Gasteiger partial charge on any atom is 0.223 e. The van der Waals surface area contributed by atoms with Crippen LogP contribution in [0.3, 0.4) is 0 Å². The second kappa shape index (κ2) is 10.9. The Balaban J connectivity index is 0.00000361. The molecule has 1 rings (SSSR count). The number of halogens is 2. The van der Waals surface area contributed by atoms with Crippen LogP contribution in [0.2, 0.25) is 0 Å². The van der Waals surface area contributed by atoms with Crippen molar-refractivity contribution in [3.63, 3.8) is 0 Å². The molecule has 0 aliphatic rings. The van der Waals surface area contributed by atoms with Crippen molar-refractivity contribution in [2.45, 2.75) is 18.2 Å². The Hall–Kier alpha value is -0.780. The van der Waals surface area contributed by atoms with Crippen LogP contribution >= 0.6 is 24.2 Å². The Labute approximate surface area is 130 Å². The largest absolute Gasteiger partial charge is 0.356 e. The van der Waals surface area contributed by atoms with Gasteiger partial charge in [-0.2, -0.15) is 0 Å². The molecule has 0 saturated heterocycles. The number of benzene rings is 1. The van der Waals surface area contributed by atoms with Crippen LogP contribution in [-0.2, 0) is 4.79 Å². The molecule has 6 heteroatoms. The third-order valence-electron chi connectivity index (χ3n) is 2.66. The van der Waals surface area contributed by atoms with Crippen LogP contribution in [0.25, 0.3) is 0 Å². The van der Waals surface area contributed by atoms with Crippen molar-refractivity contribution in [1.82, 2.24) is 10.6 Å². The number of amides is 1. The van der Waals surface area contributed by atoms with Crippen molar-refractivity contribution in [1.29, 1.82) is 0 Å². The molecule has 1 atom stereocenters. The SMILES string of the molecule is CNCCCNC(=O)C(C)CSc1ccc(F)cc1.Cl. The number of hydrogen-bond acceptors (Lipinski definition) is 3. The molecule has 0 fully saturated rings. The van der Waals surface area contributed by atoms with Gasteiger partial charge in [-0.1, -0.05) is 6.92 Å². The summed E-state index contributed by atoms with van der Waals surface area (Å²) in [7, 11) is 1.89. The summed E-state index contributed by atoms with van der Waals surface area (Å²) in [5, 5.41) is 5.95. The molecule has 1 aromatic rings. The molecule has 114 valence electrons. The monoisotopic (exact) mass is 320 g/mol. The first-order valence-electron chi connectivity index (χ1n) is 6.44. The van der Waals surface area contributed by atoms with Crippen molar-refractivity contribution in [3.8, 4) is 0 Å². The van der Waals surface area contributed by atoms with E-state index in [1.54, 1.807) is 23.9 Å². The van der Waals surface area contributed by atoms with E-state index in [0.29, 0.717) is 12.3 Å². The average Bonchev–Trinajstić information content (AvgIpc) is 2.42. The third kappa shape index (κ3) is 7.72. The van der Waals surface area contributed by atoms with Gasteiger partial charge in [0, 0.05) is 23.1 Å². The molecule has 0 spiro atoms. The van der Waals surface area contributed by atoms with Gasteiger partial charge in [0.05, 0.1) is 0 Å². The highest BCUT2D eigenvalue weighted by molar-refractivity contribution is 7.99. The van der Waals surface area contributed by atoms with Crippen LogP contribution in [0.4, 0.5) is 4.39 Å². The van der Waals surface area contributed by atoms with Crippen LogP contribution in [0.15, 0.2) is 29.2 Å². The van der Waals surface area contributed by atoms with Gasteiger partial charge in [-0.15, -0.1) is 24.2 Å². The predicted octanol–water partition coefficient (Wildman–Crippen LogP) is 2.70. The minimum absolute atomic E-state index is 0. The van der Waals surface area contributed by atoms with E-state index in [2.05, 4.69) is 10.6 Å². The lowest BCUT2D eigenvalue weighted by atomic mass is 10.2. The molecule has 20 heavy (non-hydrogen) atoms. The molecule has 3 nitrogen and oxygen atoms in total. The van der Waals surface area contributed by atoms with Crippen LogP contribution in [0.1, 0.15) is 13.3 Å². The number of thioether (sulfide) groups is 1. The molecule has 0 aromatic heterocycles. The lowest BCUT2D eigenvalue weighted by molar-refractivity contribution is -0.123. The summed E-state index contributed by atoms with van der Waals surface area (Å²) >= 11 is 1.57. The van der Waals surface area contributed by atoms with Gasteiger partial charge < -0.3 is 10.6 Å². The number of carbonyl (C=O) groups is 1. The van der Waals surface area contributed by atoms with E-state index in [1.165, 1.54) is 12.1 Å². The fourth-order valence-electron chi connectivity index (χ4n) is 1.48. The zero-order chi connectivity index (χ0) is 14.1. The summed E-state index contributed by atoms with van der Waals surface area (Å²) in [5.74, 6) is 0.485. The van der Waals surface area contributed by atoms with Gasteiger partial charge in [0.25, 0.3) is 0 Å². The summed E-state index contributed by atoms with van der Waals surface area (Å²) in [6.07, 6.45) is 0.931. The smallest absolute Gasteiger partial charge is 0.223 e. The Morgan fingerprint density at radius 3 is 2.55 bits per heavy atom. The molecule has 0 saturated carbocycles. The van der Waals surface area contributed by atoms with E-state index in [-0.39, 0.29) is 30.0 Å². The third-order valence-corrected chi connectivity index (χ3v) is 3.94. The number of rotatable bonds is 8. The molecule has 1 amide bonds. The van der Waals surface area contributed by atoms with Crippen LogP contribution < -0.4 is 10.6 Å². The maximum atomic E-state index is 12.7. The predicted molar refractivity (Wildman–Crippen MR) is 85.1 cm³/mol. The standard InChI is InChI=1S/C14H21FN2OS.ClH/c1-11(14(18)17-9-3-8-16-2)10-19-13-6-4-12(15)5-7-13;/h4-7,11,16H,3,8-10H2,1-2H3,(H,17,18);1H. The highest BCUT2D eigenvalue weighted by atomic mass is 35.5. The quantitative estimate of drug-likeness (QED) is 0.571. The number of carbonyl (C=O) groups excluding carboxylic acids is 1. The van der Waals surface area contributed by atoms with E-state index >= 15 is 0 Å². The van der Waals surface area contributed by atoms with Crippen molar-refractivity contribution in [3.05, 3.63) is 30.1 Å².